The Hall–Kier alpha value is -1.56. The Balaban J connectivity index is 2.64. The second-order valence-corrected chi connectivity index (χ2v) is 2.39. The minimum Gasteiger partial charge on any atom is -0.481 e. The molecule has 1 rings (SSSR count). The number of hydrogen-bond acceptors (Lipinski definition) is 3. The molecule has 2 amide bonds. The van der Waals surface area contributed by atoms with Crippen LogP contribution in [0, 0.1) is 0 Å². The third-order valence-electron chi connectivity index (χ3n) is 1.43. The standard InChI is InChI=1S/C6H9N3O3/c7-5-3(1-4(10)11)2-8-6(12)9-5/h2,5H,1,7H2,(H,10,11)(H2,8,9,12). The van der Waals surface area contributed by atoms with Crippen molar-refractivity contribution in [3.63, 3.8) is 0 Å². The molecule has 1 aliphatic rings. The van der Waals surface area contributed by atoms with Gasteiger partial charge in [-0.15, -0.1) is 0 Å². The highest BCUT2D eigenvalue weighted by molar-refractivity contribution is 5.78. The predicted octanol–water partition coefficient (Wildman–Crippen LogP) is -1.06. The molecule has 12 heavy (non-hydrogen) atoms. The summed E-state index contributed by atoms with van der Waals surface area (Å²) in [5.74, 6) is -0.977. The van der Waals surface area contributed by atoms with Gasteiger partial charge in [0.15, 0.2) is 0 Å². The van der Waals surface area contributed by atoms with Crippen LogP contribution in [0.2, 0.25) is 0 Å². The molecule has 1 unspecified atom stereocenters. The van der Waals surface area contributed by atoms with Crippen molar-refractivity contribution in [3.05, 3.63) is 11.8 Å². The van der Waals surface area contributed by atoms with Gasteiger partial charge in [-0.05, 0) is 5.57 Å². The number of carboxylic acids is 1. The Bertz CT molecular complexity index is 248. The van der Waals surface area contributed by atoms with Crippen molar-refractivity contribution in [1.29, 1.82) is 0 Å². The van der Waals surface area contributed by atoms with E-state index in [-0.39, 0.29) is 6.42 Å². The molecule has 0 bridgehead atoms. The summed E-state index contributed by atoms with van der Waals surface area (Å²) in [5.41, 5.74) is 5.86. The summed E-state index contributed by atoms with van der Waals surface area (Å²) in [7, 11) is 0. The van der Waals surface area contributed by atoms with E-state index in [9.17, 15) is 9.59 Å². The maximum Gasteiger partial charge on any atom is 0.320 e. The van der Waals surface area contributed by atoms with E-state index in [1.807, 2.05) is 0 Å². The smallest absolute Gasteiger partial charge is 0.320 e. The lowest BCUT2D eigenvalue weighted by Gasteiger charge is -2.20. The fraction of sp³-hybridized carbons (Fsp3) is 0.333. The quantitative estimate of drug-likeness (QED) is 0.425. The SMILES string of the molecule is NC1NC(=O)NC=C1CC(=O)O. The summed E-state index contributed by atoms with van der Waals surface area (Å²) in [6, 6.07) is -0.420. The summed E-state index contributed by atoms with van der Waals surface area (Å²) in [6.07, 6.45) is 0.446. The van der Waals surface area contributed by atoms with Gasteiger partial charge < -0.3 is 21.5 Å². The molecule has 0 aromatic carbocycles. The second kappa shape index (κ2) is 3.22. The van der Waals surface area contributed by atoms with Gasteiger partial charge in [-0.2, -0.15) is 0 Å². The Morgan fingerprint density at radius 3 is 2.92 bits per heavy atom. The van der Waals surface area contributed by atoms with Crippen LogP contribution < -0.4 is 16.4 Å². The molecule has 0 fully saturated rings. The fourth-order valence-corrected chi connectivity index (χ4v) is 0.859. The van der Waals surface area contributed by atoms with E-state index in [0.717, 1.165) is 0 Å². The molecule has 0 radical (unpaired) electrons. The average Bonchev–Trinajstić information content (AvgIpc) is 1.94. The Labute approximate surface area is 68.4 Å². The maximum absolute atomic E-state index is 10.6. The molecule has 66 valence electrons. The minimum absolute atomic E-state index is 0.172. The molecule has 6 heteroatoms. The summed E-state index contributed by atoms with van der Waals surface area (Å²) in [6.45, 7) is 0. The first-order valence-corrected chi connectivity index (χ1v) is 3.33. The minimum atomic E-state index is -0.977. The van der Waals surface area contributed by atoms with Gasteiger partial charge in [0, 0.05) is 6.20 Å². The van der Waals surface area contributed by atoms with Gasteiger partial charge in [0.05, 0.1) is 6.42 Å². The number of nitrogens with two attached hydrogens (primary N) is 1. The number of carbonyl (C=O) groups excluding carboxylic acids is 1. The zero-order chi connectivity index (χ0) is 9.14. The molecule has 0 saturated carbocycles. The van der Waals surface area contributed by atoms with Gasteiger partial charge in [0.1, 0.15) is 6.17 Å². The molecule has 0 spiro atoms. The van der Waals surface area contributed by atoms with Crippen LogP contribution in [0.5, 0.6) is 0 Å². The van der Waals surface area contributed by atoms with Crippen LogP contribution in [0.4, 0.5) is 4.79 Å². The molecule has 1 heterocycles. The third-order valence-corrected chi connectivity index (χ3v) is 1.43. The largest absolute Gasteiger partial charge is 0.481 e. The van der Waals surface area contributed by atoms with Gasteiger partial charge in [0.2, 0.25) is 0 Å². The van der Waals surface area contributed by atoms with Crippen molar-refractivity contribution in [2.24, 2.45) is 5.73 Å². The molecule has 0 aliphatic carbocycles. The number of carboxylic acid groups (broad SMARTS) is 1. The molecule has 0 aromatic rings. The molecule has 0 aromatic heterocycles. The topological polar surface area (TPSA) is 104 Å². The van der Waals surface area contributed by atoms with Crippen molar-refractivity contribution in [2.75, 3.05) is 0 Å². The van der Waals surface area contributed by atoms with Crippen LogP contribution in [0.1, 0.15) is 6.42 Å². The molecule has 5 N–H and O–H groups in total. The number of nitrogens with one attached hydrogen (secondary N) is 2. The highest BCUT2D eigenvalue weighted by Crippen LogP contribution is 2.05. The fourth-order valence-electron chi connectivity index (χ4n) is 0.859. The monoisotopic (exact) mass is 171 g/mol. The van der Waals surface area contributed by atoms with E-state index in [1.54, 1.807) is 0 Å². The van der Waals surface area contributed by atoms with Crippen molar-refractivity contribution >= 4 is 12.0 Å². The van der Waals surface area contributed by atoms with Gasteiger partial charge in [0.25, 0.3) is 0 Å². The second-order valence-electron chi connectivity index (χ2n) is 2.39. The average molecular weight is 171 g/mol. The number of amides is 2. The third kappa shape index (κ3) is 1.96. The first-order chi connectivity index (χ1) is 5.59. The highest BCUT2D eigenvalue weighted by atomic mass is 16.4. The summed E-state index contributed by atoms with van der Waals surface area (Å²) in [5, 5.41) is 13.1. The van der Waals surface area contributed by atoms with Gasteiger partial charge in [-0.3, -0.25) is 4.79 Å². The number of rotatable bonds is 2. The molecule has 0 saturated heterocycles. The Morgan fingerprint density at radius 1 is 1.75 bits per heavy atom. The number of urea groups is 1. The zero-order valence-corrected chi connectivity index (χ0v) is 6.20. The van der Waals surface area contributed by atoms with E-state index in [4.69, 9.17) is 10.8 Å². The Kier molecular flexibility index (Phi) is 2.29. The Morgan fingerprint density at radius 2 is 2.42 bits per heavy atom. The van der Waals surface area contributed by atoms with Crippen LogP contribution in [0.3, 0.4) is 0 Å². The molecular formula is C6H9N3O3. The lowest BCUT2D eigenvalue weighted by atomic mass is 10.1. The zero-order valence-electron chi connectivity index (χ0n) is 6.20. The first kappa shape index (κ1) is 8.54. The van der Waals surface area contributed by atoms with E-state index < -0.39 is 18.2 Å². The van der Waals surface area contributed by atoms with Crippen molar-refractivity contribution in [3.8, 4) is 0 Å². The predicted molar refractivity (Wildman–Crippen MR) is 40.0 cm³/mol. The van der Waals surface area contributed by atoms with E-state index in [1.165, 1.54) is 6.20 Å². The van der Waals surface area contributed by atoms with Crippen LogP contribution >= 0.6 is 0 Å². The molecule has 1 atom stereocenters. The van der Waals surface area contributed by atoms with Crippen LogP contribution in [-0.2, 0) is 4.79 Å². The summed E-state index contributed by atoms with van der Waals surface area (Å²) < 4.78 is 0. The van der Waals surface area contributed by atoms with Crippen LogP contribution in [0.25, 0.3) is 0 Å². The van der Waals surface area contributed by atoms with E-state index in [2.05, 4.69) is 10.6 Å². The lowest BCUT2D eigenvalue weighted by molar-refractivity contribution is -0.136. The van der Waals surface area contributed by atoms with Crippen LogP contribution in [-0.4, -0.2) is 23.3 Å². The summed E-state index contributed by atoms with van der Waals surface area (Å²) >= 11 is 0. The summed E-state index contributed by atoms with van der Waals surface area (Å²) in [4.78, 5) is 20.9. The van der Waals surface area contributed by atoms with E-state index in [0.29, 0.717) is 5.57 Å². The van der Waals surface area contributed by atoms with Crippen molar-refractivity contribution in [2.45, 2.75) is 12.6 Å². The van der Waals surface area contributed by atoms with Crippen molar-refractivity contribution < 1.29 is 14.7 Å². The highest BCUT2D eigenvalue weighted by Gasteiger charge is 2.18. The normalized spacial score (nSPS) is 22.2. The molecular weight excluding hydrogens is 162 g/mol. The molecule has 1 aliphatic heterocycles. The number of aliphatic carboxylic acids is 1. The van der Waals surface area contributed by atoms with Crippen LogP contribution in [0.15, 0.2) is 11.8 Å². The first-order valence-electron chi connectivity index (χ1n) is 3.33. The number of hydrogen-bond donors (Lipinski definition) is 4. The van der Waals surface area contributed by atoms with Crippen molar-refractivity contribution in [1.82, 2.24) is 10.6 Å². The van der Waals surface area contributed by atoms with E-state index >= 15 is 0 Å². The number of carbonyl (C=O) groups is 2. The molecule has 6 nitrogen and oxygen atoms in total. The maximum atomic E-state index is 10.6. The lowest BCUT2D eigenvalue weighted by Crippen LogP contribution is -2.50. The van der Waals surface area contributed by atoms with Gasteiger partial charge >= 0.3 is 12.0 Å². The van der Waals surface area contributed by atoms with Gasteiger partial charge in [-0.1, -0.05) is 0 Å². The van der Waals surface area contributed by atoms with Gasteiger partial charge in [-0.25, -0.2) is 4.79 Å².